The summed E-state index contributed by atoms with van der Waals surface area (Å²) in [6.45, 7) is 9.29. The van der Waals surface area contributed by atoms with E-state index in [1.165, 1.54) is 11.3 Å². The summed E-state index contributed by atoms with van der Waals surface area (Å²) in [7, 11) is 0. The molecule has 0 atom stereocenters. The topological polar surface area (TPSA) is 15.3 Å². The van der Waals surface area contributed by atoms with Crippen molar-refractivity contribution in [3.63, 3.8) is 0 Å². The molecule has 0 aliphatic rings. The van der Waals surface area contributed by atoms with Gasteiger partial charge in [0.2, 0.25) is 0 Å². The SMILES string of the molecule is CCN(C(=S)NC(C)C)c1ccccc1C. The maximum Gasteiger partial charge on any atom is 0.173 e. The fourth-order valence-electron chi connectivity index (χ4n) is 1.61. The lowest BCUT2D eigenvalue weighted by molar-refractivity contribution is 0.728. The smallest absolute Gasteiger partial charge is 0.173 e. The Morgan fingerprint density at radius 1 is 1.38 bits per heavy atom. The molecule has 0 radical (unpaired) electrons. The van der Waals surface area contributed by atoms with Crippen LogP contribution in [0.15, 0.2) is 24.3 Å². The molecular formula is C13H20N2S. The number of rotatable bonds is 3. The van der Waals surface area contributed by atoms with Gasteiger partial charge >= 0.3 is 0 Å². The van der Waals surface area contributed by atoms with E-state index in [1.807, 2.05) is 12.1 Å². The number of para-hydroxylation sites is 1. The quantitative estimate of drug-likeness (QED) is 0.812. The van der Waals surface area contributed by atoms with Gasteiger partial charge in [-0.05, 0) is 51.5 Å². The van der Waals surface area contributed by atoms with Crippen LogP contribution in [0.4, 0.5) is 5.69 Å². The summed E-state index contributed by atoms with van der Waals surface area (Å²) in [6.07, 6.45) is 0. The molecular weight excluding hydrogens is 216 g/mol. The molecule has 0 aliphatic heterocycles. The first-order valence-corrected chi connectivity index (χ1v) is 6.10. The summed E-state index contributed by atoms with van der Waals surface area (Å²) in [6, 6.07) is 8.67. The highest BCUT2D eigenvalue weighted by Crippen LogP contribution is 2.19. The maximum atomic E-state index is 5.41. The minimum absolute atomic E-state index is 0.366. The van der Waals surface area contributed by atoms with E-state index < -0.39 is 0 Å². The Labute approximate surface area is 104 Å². The first-order chi connectivity index (χ1) is 7.56. The van der Waals surface area contributed by atoms with Crippen LogP contribution < -0.4 is 10.2 Å². The molecule has 1 aromatic rings. The highest BCUT2D eigenvalue weighted by molar-refractivity contribution is 7.80. The molecule has 0 bridgehead atoms. The monoisotopic (exact) mass is 236 g/mol. The molecule has 16 heavy (non-hydrogen) atoms. The van der Waals surface area contributed by atoms with Crippen molar-refractivity contribution >= 4 is 23.0 Å². The Morgan fingerprint density at radius 2 is 2.00 bits per heavy atom. The molecule has 0 spiro atoms. The number of thiocarbonyl (C=S) groups is 1. The standard InChI is InChI=1S/C13H20N2S/c1-5-15(13(16)14-10(2)3)12-9-7-6-8-11(12)4/h6-10H,5H2,1-4H3,(H,14,16). The van der Waals surface area contributed by atoms with E-state index in [0.29, 0.717) is 6.04 Å². The van der Waals surface area contributed by atoms with Gasteiger partial charge in [0.05, 0.1) is 0 Å². The van der Waals surface area contributed by atoms with Crippen LogP contribution in [-0.2, 0) is 0 Å². The maximum absolute atomic E-state index is 5.41. The van der Waals surface area contributed by atoms with Crippen LogP contribution in [0.2, 0.25) is 0 Å². The summed E-state index contributed by atoms with van der Waals surface area (Å²) in [5.74, 6) is 0. The molecule has 0 unspecified atom stereocenters. The lowest BCUT2D eigenvalue weighted by atomic mass is 10.2. The summed E-state index contributed by atoms with van der Waals surface area (Å²) >= 11 is 5.41. The molecule has 0 heterocycles. The zero-order valence-corrected chi connectivity index (χ0v) is 11.3. The van der Waals surface area contributed by atoms with Crippen molar-refractivity contribution in [2.75, 3.05) is 11.4 Å². The number of anilines is 1. The molecule has 1 aromatic carbocycles. The van der Waals surface area contributed by atoms with Crippen molar-refractivity contribution in [1.29, 1.82) is 0 Å². The van der Waals surface area contributed by atoms with Gasteiger partial charge in [0.25, 0.3) is 0 Å². The van der Waals surface area contributed by atoms with Crippen molar-refractivity contribution in [2.24, 2.45) is 0 Å². The van der Waals surface area contributed by atoms with E-state index in [9.17, 15) is 0 Å². The van der Waals surface area contributed by atoms with E-state index in [-0.39, 0.29) is 0 Å². The second-order valence-electron chi connectivity index (χ2n) is 4.13. The Balaban J connectivity index is 2.90. The number of nitrogens with zero attached hydrogens (tertiary/aromatic N) is 1. The van der Waals surface area contributed by atoms with Gasteiger partial charge < -0.3 is 10.2 Å². The lowest BCUT2D eigenvalue weighted by Crippen LogP contribution is -2.43. The molecule has 1 N–H and O–H groups in total. The molecule has 0 saturated heterocycles. The largest absolute Gasteiger partial charge is 0.360 e. The predicted octanol–water partition coefficient (Wildman–Crippen LogP) is 3.10. The molecule has 2 nitrogen and oxygen atoms in total. The van der Waals surface area contributed by atoms with Crippen LogP contribution >= 0.6 is 12.2 Å². The third-order valence-corrected chi connectivity index (χ3v) is 2.72. The summed E-state index contributed by atoms with van der Waals surface area (Å²) in [4.78, 5) is 2.13. The van der Waals surface area contributed by atoms with E-state index in [0.717, 1.165) is 11.7 Å². The van der Waals surface area contributed by atoms with Crippen LogP contribution in [-0.4, -0.2) is 17.7 Å². The second kappa shape index (κ2) is 5.85. The Morgan fingerprint density at radius 3 is 2.50 bits per heavy atom. The van der Waals surface area contributed by atoms with E-state index >= 15 is 0 Å². The second-order valence-corrected chi connectivity index (χ2v) is 4.52. The Bertz CT molecular complexity index is 361. The number of hydrogen-bond acceptors (Lipinski definition) is 1. The van der Waals surface area contributed by atoms with Crippen LogP contribution in [0.1, 0.15) is 26.3 Å². The minimum Gasteiger partial charge on any atom is -0.360 e. The van der Waals surface area contributed by atoms with Crippen molar-refractivity contribution in [1.82, 2.24) is 5.32 Å². The van der Waals surface area contributed by atoms with Crippen LogP contribution in [0.3, 0.4) is 0 Å². The number of aryl methyl sites for hydroxylation is 1. The van der Waals surface area contributed by atoms with Crippen molar-refractivity contribution in [3.05, 3.63) is 29.8 Å². The van der Waals surface area contributed by atoms with Crippen LogP contribution in [0.25, 0.3) is 0 Å². The van der Waals surface area contributed by atoms with Crippen molar-refractivity contribution < 1.29 is 0 Å². The number of benzene rings is 1. The van der Waals surface area contributed by atoms with Crippen molar-refractivity contribution in [2.45, 2.75) is 33.7 Å². The molecule has 3 heteroatoms. The highest BCUT2D eigenvalue weighted by Gasteiger charge is 2.12. The third-order valence-electron chi connectivity index (χ3n) is 2.38. The van der Waals surface area contributed by atoms with Gasteiger partial charge in [0, 0.05) is 18.3 Å². The van der Waals surface area contributed by atoms with E-state index in [4.69, 9.17) is 12.2 Å². The van der Waals surface area contributed by atoms with Gasteiger partial charge in [0.1, 0.15) is 0 Å². The van der Waals surface area contributed by atoms with Gasteiger partial charge in [-0.3, -0.25) is 0 Å². The summed E-state index contributed by atoms with van der Waals surface area (Å²) < 4.78 is 0. The Hall–Kier alpha value is -1.09. The zero-order chi connectivity index (χ0) is 12.1. The fourth-order valence-corrected chi connectivity index (χ4v) is 2.08. The predicted molar refractivity (Wildman–Crippen MR) is 75.1 cm³/mol. The molecule has 0 aliphatic carbocycles. The van der Waals surface area contributed by atoms with Crippen LogP contribution in [0.5, 0.6) is 0 Å². The normalized spacial score (nSPS) is 10.3. The van der Waals surface area contributed by atoms with Gasteiger partial charge in [-0.2, -0.15) is 0 Å². The average molecular weight is 236 g/mol. The van der Waals surface area contributed by atoms with Gasteiger partial charge in [-0.25, -0.2) is 0 Å². The molecule has 0 aromatic heterocycles. The van der Waals surface area contributed by atoms with Gasteiger partial charge in [0.15, 0.2) is 5.11 Å². The third kappa shape index (κ3) is 3.20. The highest BCUT2D eigenvalue weighted by atomic mass is 32.1. The molecule has 0 saturated carbocycles. The first kappa shape index (κ1) is 13.0. The molecule has 0 amide bonds. The lowest BCUT2D eigenvalue weighted by Gasteiger charge is -2.27. The summed E-state index contributed by atoms with van der Waals surface area (Å²) in [5, 5.41) is 4.07. The van der Waals surface area contributed by atoms with Gasteiger partial charge in [-0.1, -0.05) is 18.2 Å². The molecule has 88 valence electrons. The first-order valence-electron chi connectivity index (χ1n) is 5.70. The van der Waals surface area contributed by atoms with Gasteiger partial charge in [-0.15, -0.1) is 0 Å². The minimum atomic E-state index is 0.366. The number of nitrogens with one attached hydrogen (secondary N) is 1. The zero-order valence-electron chi connectivity index (χ0n) is 10.4. The molecule has 1 rings (SSSR count). The molecule has 0 fully saturated rings. The summed E-state index contributed by atoms with van der Waals surface area (Å²) in [5.41, 5.74) is 2.43. The van der Waals surface area contributed by atoms with E-state index in [2.05, 4.69) is 50.0 Å². The number of hydrogen-bond donors (Lipinski definition) is 1. The van der Waals surface area contributed by atoms with E-state index in [1.54, 1.807) is 0 Å². The average Bonchev–Trinajstić information content (AvgIpc) is 2.20. The Kier molecular flexibility index (Phi) is 4.74. The fraction of sp³-hybridized carbons (Fsp3) is 0.462. The van der Waals surface area contributed by atoms with Crippen molar-refractivity contribution in [3.8, 4) is 0 Å². The van der Waals surface area contributed by atoms with Crippen LogP contribution in [0, 0.1) is 6.92 Å².